The first kappa shape index (κ1) is 19.6. The number of imidazole rings is 1. The number of benzene rings is 2. The summed E-state index contributed by atoms with van der Waals surface area (Å²) in [4.78, 5) is 9.45. The van der Waals surface area contributed by atoms with Crippen LogP contribution in [0, 0.1) is 5.82 Å². The smallest absolute Gasteiger partial charge is 0.206 e. The first-order valence-corrected chi connectivity index (χ1v) is 10.4. The summed E-state index contributed by atoms with van der Waals surface area (Å²) in [7, 11) is 3.93. The zero-order chi connectivity index (χ0) is 20.4. The number of nitrogens with zero attached hydrogens (tertiary/aromatic N) is 4. The third-order valence-corrected chi connectivity index (χ3v) is 6.21. The Labute approximate surface area is 176 Å². The molecule has 0 saturated carbocycles. The van der Waals surface area contributed by atoms with Gasteiger partial charge in [-0.25, -0.2) is 9.37 Å². The third kappa shape index (κ3) is 4.05. The van der Waals surface area contributed by atoms with Crippen LogP contribution in [0.25, 0.3) is 11.0 Å². The first-order valence-electron chi connectivity index (χ1n) is 9.96. The Balaban J connectivity index is 1.59. The van der Waals surface area contributed by atoms with Crippen molar-refractivity contribution in [3.63, 3.8) is 0 Å². The summed E-state index contributed by atoms with van der Waals surface area (Å²) >= 11 is 5.39. The molecular weight excluding hydrogens is 385 g/mol. The number of aromatic nitrogens is 2. The number of nitrogens with one attached hydrogen (secondary N) is 1. The van der Waals surface area contributed by atoms with Crippen LogP contribution in [0.1, 0.15) is 18.4 Å². The van der Waals surface area contributed by atoms with E-state index < -0.39 is 0 Å². The maximum atomic E-state index is 13.3. The van der Waals surface area contributed by atoms with Crippen LogP contribution in [-0.4, -0.2) is 52.8 Å². The van der Waals surface area contributed by atoms with Crippen molar-refractivity contribution in [2.24, 2.45) is 0 Å². The molecule has 0 aliphatic carbocycles. The first-order chi connectivity index (χ1) is 14.1. The van der Waals surface area contributed by atoms with E-state index in [-0.39, 0.29) is 5.82 Å². The van der Waals surface area contributed by atoms with Crippen LogP contribution in [0.4, 0.5) is 10.3 Å². The molecule has 1 N–H and O–H groups in total. The van der Waals surface area contributed by atoms with Gasteiger partial charge in [-0.1, -0.05) is 24.3 Å². The summed E-state index contributed by atoms with van der Waals surface area (Å²) < 4.78 is 15.6. The van der Waals surface area contributed by atoms with E-state index in [1.807, 2.05) is 37.4 Å². The minimum Gasteiger partial charge on any atom is -0.366 e. The van der Waals surface area contributed by atoms with E-state index in [0.29, 0.717) is 12.6 Å². The van der Waals surface area contributed by atoms with Crippen molar-refractivity contribution in [3.05, 3.63) is 59.9 Å². The Morgan fingerprint density at radius 3 is 2.55 bits per heavy atom. The van der Waals surface area contributed by atoms with E-state index in [2.05, 4.69) is 32.8 Å². The van der Waals surface area contributed by atoms with Crippen molar-refractivity contribution in [3.8, 4) is 0 Å². The second kappa shape index (κ2) is 8.37. The molecule has 7 heteroatoms. The summed E-state index contributed by atoms with van der Waals surface area (Å²) in [5.74, 6) is 0.767. The molecule has 4 rings (SSSR count). The lowest BCUT2D eigenvalue weighted by molar-refractivity contribution is 0.302. The predicted molar refractivity (Wildman–Crippen MR) is 120 cm³/mol. The van der Waals surface area contributed by atoms with Gasteiger partial charge in [-0.15, -0.1) is 0 Å². The number of thiocarbonyl (C=S) groups is 1. The fourth-order valence-electron chi connectivity index (χ4n) is 4.03. The van der Waals surface area contributed by atoms with Gasteiger partial charge in [0.1, 0.15) is 5.82 Å². The number of anilines is 1. The van der Waals surface area contributed by atoms with E-state index in [1.165, 1.54) is 12.1 Å². The minimum atomic E-state index is -0.213. The molecular formula is C22H26FN5S. The zero-order valence-electron chi connectivity index (χ0n) is 16.8. The summed E-state index contributed by atoms with van der Waals surface area (Å²) in [6.45, 7) is 2.52. The molecule has 29 heavy (non-hydrogen) atoms. The number of hydrogen-bond donors (Lipinski definition) is 1. The molecule has 0 bridgehead atoms. The van der Waals surface area contributed by atoms with Gasteiger partial charge in [0, 0.05) is 33.2 Å². The van der Waals surface area contributed by atoms with Gasteiger partial charge in [-0.05, 0) is 54.9 Å². The molecule has 5 nitrogen and oxygen atoms in total. The van der Waals surface area contributed by atoms with Gasteiger partial charge in [-0.3, -0.25) is 0 Å². The summed E-state index contributed by atoms with van der Waals surface area (Å²) in [6.07, 6.45) is 2.05. The topological polar surface area (TPSA) is 36.3 Å². The predicted octanol–water partition coefficient (Wildman–Crippen LogP) is 3.63. The number of para-hydroxylation sites is 2. The van der Waals surface area contributed by atoms with Gasteiger partial charge < -0.3 is 19.7 Å². The van der Waals surface area contributed by atoms with E-state index in [4.69, 9.17) is 17.2 Å². The highest BCUT2D eigenvalue weighted by Gasteiger charge is 2.26. The molecule has 0 unspecified atom stereocenters. The van der Waals surface area contributed by atoms with Crippen LogP contribution in [0.3, 0.4) is 0 Å². The molecule has 3 aromatic rings. The quantitative estimate of drug-likeness (QED) is 0.664. The minimum absolute atomic E-state index is 0.213. The van der Waals surface area contributed by atoms with Crippen molar-refractivity contribution in [2.75, 3.05) is 32.1 Å². The van der Waals surface area contributed by atoms with Gasteiger partial charge in [0.25, 0.3) is 0 Å². The molecule has 0 radical (unpaired) electrons. The highest BCUT2D eigenvalue weighted by molar-refractivity contribution is 7.80. The number of hydrogen-bond acceptors (Lipinski definition) is 3. The standard InChI is InChI=1S/C22H26FN5S/c1-24-22(29)26(2)18-11-13-27(14-12-18)21-25-19-5-3-4-6-20(19)28(21)15-16-7-9-17(23)10-8-16/h3-10,18H,11-15H2,1-2H3,(H,24,29). The molecule has 2 heterocycles. The largest absolute Gasteiger partial charge is 0.366 e. The second-order valence-electron chi connectivity index (χ2n) is 7.50. The van der Waals surface area contributed by atoms with Crippen molar-refractivity contribution >= 4 is 34.3 Å². The van der Waals surface area contributed by atoms with Crippen molar-refractivity contribution in [2.45, 2.75) is 25.4 Å². The van der Waals surface area contributed by atoms with E-state index in [9.17, 15) is 4.39 Å². The Bertz CT molecular complexity index is 992. The second-order valence-corrected chi connectivity index (χ2v) is 7.88. The average Bonchev–Trinajstić information content (AvgIpc) is 3.13. The molecule has 1 aliphatic rings. The molecule has 1 aliphatic heterocycles. The molecule has 1 fully saturated rings. The number of piperidine rings is 1. The van der Waals surface area contributed by atoms with Gasteiger partial charge in [-0.2, -0.15) is 0 Å². The lowest BCUT2D eigenvalue weighted by Crippen LogP contribution is -2.48. The summed E-state index contributed by atoms with van der Waals surface area (Å²) in [5.41, 5.74) is 3.15. The van der Waals surface area contributed by atoms with Gasteiger partial charge in [0.2, 0.25) is 5.95 Å². The Morgan fingerprint density at radius 2 is 1.86 bits per heavy atom. The van der Waals surface area contributed by atoms with E-state index in [1.54, 1.807) is 0 Å². The molecule has 1 saturated heterocycles. The van der Waals surface area contributed by atoms with Crippen LogP contribution in [0.2, 0.25) is 0 Å². The maximum Gasteiger partial charge on any atom is 0.206 e. The van der Waals surface area contributed by atoms with Crippen LogP contribution in [0.15, 0.2) is 48.5 Å². The Kier molecular flexibility index (Phi) is 5.67. The molecule has 152 valence electrons. The highest BCUT2D eigenvalue weighted by Crippen LogP contribution is 2.27. The SMILES string of the molecule is CNC(=S)N(C)C1CCN(c2nc3ccccc3n2Cc2ccc(F)cc2)CC1. The molecule has 0 spiro atoms. The maximum absolute atomic E-state index is 13.3. The fourth-order valence-corrected chi connectivity index (χ4v) is 4.18. The molecule has 1 aromatic heterocycles. The summed E-state index contributed by atoms with van der Waals surface area (Å²) in [5, 5.41) is 3.85. The van der Waals surface area contributed by atoms with Gasteiger partial charge in [0.05, 0.1) is 17.6 Å². The molecule has 0 amide bonds. The van der Waals surface area contributed by atoms with Gasteiger partial charge >= 0.3 is 0 Å². The van der Waals surface area contributed by atoms with Crippen molar-refractivity contribution < 1.29 is 4.39 Å². The normalized spacial score (nSPS) is 14.9. The zero-order valence-corrected chi connectivity index (χ0v) is 17.6. The van der Waals surface area contributed by atoms with E-state index >= 15 is 0 Å². The van der Waals surface area contributed by atoms with Crippen LogP contribution < -0.4 is 10.2 Å². The van der Waals surface area contributed by atoms with Gasteiger partial charge in [0.15, 0.2) is 5.11 Å². The lowest BCUT2D eigenvalue weighted by Gasteiger charge is -2.38. The summed E-state index contributed by atoms with van der Waals surface area (Å²) in [6, 6.07) is 15.3. The fraction of sp³-hybridized carbons (Fsp3) is 0.364. The number of halogens is 1. The monoisotopic (exact) mass is 411 g/mol. The van der Waals surface area contributed by atoms with E-state index in [0.717, 1.165) is 53.6 Å². The third-order valence-electron chi connectivity index (χ3n) is 5.72. The van der Waals surface area contributed by atoms with Crippen LogP contribution >= 0.6 is 12.2 Å². The van der Waals surface area contributed by atoms with Crippen molar-refractivity contribution in [1.82, 2.24) is 19.8 Å². The highest BCUT2D eigenvalue weighted by atomic mass is 32.1. The number of fused-ring (bicyclic) bond motifs is 1. The number of rotatable bonds is 4. The molecule has 2 aromatic carbocycles. The molecule has 0 atom stereocenters. The van der Waals surface area contributed by atoms with Crippen molar-refractivity contribution in [1.29, 1.82) is 0 Å². The Hall–Kier alpha value is -2.67. The lowest BCUT2D eigenvalue weighted by atomic mass is 10.0. The average molecular weight is 412 g/mol. The van der Waals surface area contributed by atoms with Crippen LogP contribution in [0.5, 0.6) is 0 Å². The Morgan fingerprint density at radius 1 is 1.17 bits per heavy atom. The van der Waals surface area contributed by atoms with Crippen LogP contribution in [-0.2, 0) is 6.54 Å².